The molecule has 0 saturated carbocycles. The molecule has 11 heteroatoms. The lowest BCUT2D eigenvalue weighted by Crippen LogP contribution is -2.69. The molecule has 11 nitrogen and oxygen atoms in total. The molecule has 4 atom stereocenters. The molecular formula is C49H52N4O7. The van der Waals surface area contributed by atoms with Gasteiger partial charge in [0.25, 0.3) is 5.91 Å². The van der Waals surface area contributed by atoms with Crippen molar-refractivity contribution in [3.05, 3.63) is 118 Å². The quantitative estimate of drug-likeness (QED) is 0.216. The van der Waals surface area contributed by atoms with Gasteiger partial charge in [0, 0.05) is 61.9 Å². The van der Waals surface area contributed by atoms with Gasteiger partial charge in [-0.25, -0.2) is 0 Å². The number of imide groups is 1. The van der Waals surface area contributed by atoms with Crippen molar-refractivity contribution in [3.63, 3.8) is 0 Å². The first-order chi connectivity index (χ1) is 29.2. The summed E-state index contributed by atoms with van der Waals surface area (Å²) in [4.78, 5) is 44.0. The summed E-state index contributed by atoms with van der Waals surface area (Å²) in [5, 5.41) is 12.6. The van der Waals surface area contributed by atoms with Gasteiger partial charge in [0.2, 0.25) is 11.8 Å². The number of phenolic OH excluding ortho intramolecular Hbond substituents is 1. The van der Waals surface area contributed by atoms with Crippen LogP contribution in [0.1, 0.15) is 95.0 Å². The fourth-order valence-corrected chi connectivity index (χ4v) is 11.5. The maximum absolute atomic E-state index is 13.3. The summed E-state index contributed by atoms with van der Waals surface area (Å²) in [6.45, 7) is 5.98. The van der Waals surface area contributed by atoms with E-state index in [1.807, 2.05) is 18.2 Å². The van der Waals surface area contributed by atoms with Crippen molar-refractivity contribution in [2.75, 3.05) is 50.8 Å². The first-order valence-electron chi connectivity index (χ1n) is 21.9. The predicted molar refractivity (Wildman–Crippen MR) is 225 cm³/mol. The van der Waals surface area contributed by atoms with Crippen LogP contribution >= 0.6 is 0 Å². The molecule has 3 amide bonds. The highest BCUT2D eigenvalue weighted by atomic mass is 16.6. The number of nitrogens with one attached hydrogen (secondary N) is 1. The highest BCUT2D eigenvalue weighted by molar-refractivity contribution is 6.05. The number of amides is 3. The molecule has 60 heavy (non-hydrogen) atoms. The number of aromatic hydroxyl groups is 1. The number of benzene rings is 4. The van der Waals surface area contributed by atoms with Crippen molar-refractivity contribution < 1.29 is 33.7 Å². The van der Waals surface area contributed by atoms with Crippen LogP contribution in [-0.4, -0.2) is 95.8 Å². The molecule has 4 aromatic rings. The molecule has 4 fully saturated rings. The largest absolute Gasteiger partial charge is 0.508 e. The SMILES string of the molecule is O=C1CCC(N2Cc3c(ccc4c3OCC3(CN(CC5CCC6(CCN(c7ccc([C@@H]8c9ccc(O)cc9CC[C@@H]8c8ccccc8)cc7)CC6)OC5)C3)O4)C2=O)C(=O)N1. The Morgan fingerprint density at radius 3 is 2.40 bits per heavy atom. The van der Waals surface area contributed by atoms with Gasteiger partial charge in [0.1, 0.15) is 18.4 Å². The van der Waals surface area contributed by atoms with Gasteiger partial charge in [-0.1, -0.05) is 48.5 Å². The number of carbonyl (C=O) groups is 3. The number of rotatable bonds is 6. The number of piperidine rings is 2. The van der Waals surface area contributed by atoms with E-state index in [0.717, 1.165) is 83.4 Å². The average Bonchev–Trinajstić information content (AvgIpc) is 3.59. The van der Waals surface area contributed by atoms with E-state index in [-0.39, 0.29) is 36.3 Å². The highest BCUT2D eigenvalue weighted by Crippen LogP contribution is 2.49. The molecule has 4 aromatic carbocycles. The van der Waals surface area contributed by atoms with E-state index >= 15 is 0 Å². The number of likely N-dealkylation sites (tertiary alicyclic amines) is 1. The van der Waals surface area contributed by atoms with E-state index in [0.29, 0.717) is 47.7 Å². The van der Waals surface area contributed by atoms with Crippen molar-refractivity contribution in [2.24, 2.45) is 5.92 Å². The number of hydrogen-bond donors (Lipinski definition) is 2. The third-order valence-electron chi connectivity index (χ3n) is 14.7. The maximum atomic E-state index is 13.3. The summed E-state index contributed by atoms with van der Waals surface area (Å²) in [7, 11) is 0. The summed E-state index contributed by atoms with van der Waals surface area (Å²) in [6.07, 6.45) is 6.90. The molecule has 4 saturated heterocycles. The van der Waals surface area contributed by atoms with Gasteiger partial charge in [0.15, 0.2) is 17.1 Å². The van der Waals surface area contributed by atoms with E-state index in [1.165, 1.54) is 27.9 Å². The van der Waals surface area contributed by atoms with E-state index in [1.54, 1.807) is 11.0 Å². The van der Waals surface area contributed by atoms with Gasteiger partial charge < -0.3 is 29.1 Å². The monoisotopic (exact) mass is 808 g/mol. The summed E-state index contributed by atoms with van der Waals surface area (Å²) < 4.78 is 19.7. The molecule has 0 aromatic heterocycles. The Hall–Kier alpha value is -5.39. The summed E-state index contributed by atoms with van der Waals surface area (Å²) in [5.74, 6) is 1.78. The first-order valence-corrected chi connectivity index (χ1v) is 21.9. The lowest BCUT2D eigenvalue weighted by Gasteiger charge is -2.53. The number of carbonyl (C=O) groups excluding carboxylic acids is 3. The minimum atomic E-state index is -0.664. The van der Waals surface area contributed by atoms with Gasteiger partial charge in [0.05, 0.1) is 18.8 Å². The number of nitrogens with zero attached hydrogens (tertiary/aromatic N) is 3. The number of ether oxygens (including phenoxy) is 3. The van der Waals surface area contributed by atoms with Crippen LogP contribution in [0.2, 0.25) is 0 Å². The molecule has 6 aliphatic heterocycles. The topological polar surface area (TPSA) is 121 Å². The zero-order valence-electron chi connectivity index (χ0n) is 33.9. The third kappa shape index (κ3) is 6.61. The van der Waals surface area contributed by atoms with Crippen LogP contribution in [0.3, 0.4) is 0 Å². The van der Waals surface area contributed by atoms with Crippen LogP contribution in [0, 0.1) is 5.92 Å². The number of hydrogen-bond acceptors (Lipinski definition) is 9. The van der Waals surface area contributed by atoms with E-state index in [2.05, 4.69) is 75.8 Å². The second-order valence-corrected chi connectivity index (χ2v) is 18.5. The van der Waals surface area contributed by atoms with E-state index in [4.69, 9.17) is 14.2 Å². The fraction of sp³-hybridized carbons (Fsp3) is 0.449. The molecular weight excluding hydrogens is 757 g/mol. The van der Waals surface area contributed by atoms with Gasteiger partial charge >= 0.3 is 0 Å². The van der Waals surface area contributed by atoms with Gasteiger partial charge in [-0.2, -0.15) is 0 Å². The summed E-state index contributed by atoms with van der Waals surface area (Å²) >= 11 is 0. The third-order valence-corrected chi connectivity index (χ3v) is 14.7. The Morgan fingerprint density at radius 1 is 0.817 bits per heavy atom. The van der Waals surface area contributed by atoms with E-state index < -0.39 is 17.6 Å². The molecule has 310 valence electrons. The molecule has 2 unspecified atom stereocenters. The zero-order chi connectivity index (χ0) is 40.6. The Labute approximate surface area is 350 Å². The first kappa shape index (κ1) is 37.6. The predicted octanol–water partition coefficient (Wildman–Crippen LogP) is 6.31. The smallest absolute Gasteiger partial charge is 0.255 e. The van der Waals surface area contributed by atoms with Crippen molar-refractivity contribution in [2.45, 2.75) is 87.0 Å². The van der Waals surface area contributed by atoms with Crippen LogP contribution in [0.25, 0.3) is 0 Å². The van der Waals surface area contributed by atoms with Gasteiger partial charge in [-0.3, -0.25) is 24.6 Å². The van der Waals surface area contributed by atoms with Crippen molar-refractivity contribution in [1.82, 2.24) is 15.1 Å². The van der Waals surface area contributed by atoms with Gasteiger partial charge in [-0.15, -0.1) is 0 Å². The number of phenols is 1. The second-order valence-electron chi connectivity index (χ2n) is 18.5. The molecule has 1 aliphatic carbocycles. The summed E-state index contributed by atoms with van der Waals surface area (Å²) in [5.41, 5.74) is 7.40. The van der Waals surface area contributed by atoms with Crippen molar-refractivity contribution in [1.29, 1.82) is 0 Å². The van der Waals surface area contributed by atoms with Crippen LogP contribution in [-0.2, 0) is 27.3 Å². The highest BCUT2D eigenvalue weighted by Gasteiger charge is 2.51. The lowest BCUT2D eigenvalue weighted by molar-refractivity contribution is -0.144. The number of aryl methyl sites for hydroxylation is 1. The molecule has 7 aliphatic rings. The molecule has 0 radical (unpaired) electrons. The normalized spacial score (nSPS) is 26.7. The standard InChI is InChI=1S/C49H52N4O7/c54-36-11-13-38-34(24-36)8-12-37(32-4-2-1-3-5-32)44(38)33-6-9-35(10-7-33)52-22-20-48(21-23-52)19-18-31(27-59-48)25-51-28-49(29-51)30-58-45-40-26-53(41-15-17-43(55)50-46(41)56)47(57)39(40)14-16-42(45)60-49/h1-7,9-11,13-14,16,24,31,37,41,44,54H,8,12,15,17-23,25-30H2,(H,50,55,56)/t31?,37-,41?,44+/m1/s1. The Bertz CT molecular complexity index is 2330. The van der Waals surface area contributed by atoms with Crippen molar-refractivity contribution >= 4 is 23.4 Å². The number of fused-ring (bicyclic) bond motifs is 4. The maximum Gasteiger partial charge on any atom is 0.255 e. The summed E-state index contributed by atoms with van der Waals surface area (Å²) in [6, 6.07) is 29.1. The number of anilines is 1. The fourth-order valence-electron chi connectivity index (χ4n) is 11.5. The zero-order valence-corrected chi connectivity index (χ0v) is 33.9. The molecule has 2 N–H and O–H groups in total. The molecule has 11 rings (SSSR count). The Morgan fingerprint density at radius 2 is 1.63 bits per heavy atom. The van der Waals surface area contributed by atoms with Crippen LogP contribution in [0.5, 0.6) is 17.2 Å². The van der Waals surface area contributed by atoms with Crippen LogP contribution in [0.15, 0.2) is 84.9 Å². The van der Waals surface area contributed by atoms with Crippen molar-refractivity contribution in [3.8, 4) is 17.2 Å². The minimum absolute atomic E-state index is 0.0388. The molecule has 0 bridgehead atoms. The Balaban J connectivity index is 0.670. The minimum Gasteiger partial charge on any atom is -0.508 e. The Kier molecular flexibility index (Phi) is 9.19. The second kappa shape index (κ2) is 14.7. The average molecular weight is 809 g/mol. The molecule has 2 spiro atoms. The van der Waals surface area contributed by atoms with E-state index in [9.17, 15) is 19.5 Å². The van der Waals surface area contributed by atoms with Crippen LogP contribution < -0.4 is 19.7 Å². The molecule has 6 heterocycles. The van der Waals surface area contributed by atoms with Gasteiger partial charge in [-0.05, 0) is 115 Å². The lowest BCUT2D eigenvalue weighted by atomic mass is 9.69. The van der Waals surface area contributed by atoms with Crippen LogP contribution in [0.4, 0.5) is 5.69 Å².